The molecule has 0 N–H and O–H groups in total. The van der Waals surface area contributed by atoms with E-state index in [1.165, 1.54) is 24.3 Å². The summed E-state index contributed by atoms with van der Waals surface area (Å²) < 4.78 is 44.0. The fourth-order valence-electron chi connectivity index (χ4n) is 3.62. The molecule has 30 heavy (non-hydrogen) atoms. The minimum atomic E-state index is -3.38. The second kappa shape index (κ2) is 8.83. The Bertz CT molecular complexity index is 1120. The fourth-order valence-corrected chi connectivity index (χ4v) is 5.03. The molecule has 2 heterocycles. The zero-order chi connectivity index (χ0) is 21.1. The van der Waals surface area contributed by atoms with Gasteiger partial charge in [-0.25, -0.2) is 12.8 Å². The molecular formula is C21H21ClFN3O3S. The SMILES string of the molecule is O=S(=O)(CCN1CCCC(c2nc(-c3cccc(F)c3)no2)C1)c1ccc(Cl)cc1. The van der Waals surface area contributed by atoms with Crippen LogP contribution < -0.4 is 0 Å². The van der Waals surface area contributed by atoms with Crippen molar-refractivity contribution in [2.75, 3.05) is 25.4 Å². The lowest BCUT2D eigenvalue weighted by atomic mass is 9.98. The standard InChI is InChI=1S/C21H21ClFN3O3S/c22-17-6-8-19(9-7-17)30(27,28)12-11-26-10-2-4-16(14-26)21-24-20(25-29-21)15-3-1-5-18(23)13-15/h1,3,5-9,13,16H,2,4,10-12,14H2. The fraction of sp³-hybridized carbons (Fsp3) is 0.333. The van der Waals surface area contributed by atoms with Gasteiger partial charge >= 0.3 is 0 Å². The zero-order valence-electron chi connectivity index (χ0n) is 16.2. The van der Waals surface area contributed by atoms with Crippen molar-refractivity contribution in [2.24, 2.45) is 0 Å². The number of halogens is 2. The number of hydrogen-bond donors (Lipinski definition) is 0. The van der Waals surface area contributed by atoms with Crippen LogP contribution in [0.3, 0.4) is 0 Å². The first kappa shape index (κ1) is 21.0. The Morgan fingerprint density at radius 3 is 2.77 bits per heavy atom. The molecule has 0 saturated carbocycles. The number of rotatable bonds is 6. The van der Waals surface area contributed by atoms with Gasteiger partial charge in [-0.15, -0.1) is 0 Å². The smallest absolute Gasteiger partial charge is 0.231 e. The predicted molar refractivity (Wildman–Crippen MR) is 112 cm³/mol. The largest absolute Gasteiger partial charge is 0.339 e. The normalized spacial score (nSPS) is 17.9. The maximum absolute atomic E-state index is 13.4. The van der Waals surface area contributed by atoms with E-state index < -0.39 is 9.84 Å². The second-order valence-electron chi connectivity index (χ2n) is 7.38. The molecule has 1 unspecified atom stereocenters. The molecule has 0 bridgehead atoms. The van der Waals surface area contributed by atoms with E-state index in [0.717, 1.165) is 19.4 Å². The van der Waals surface area contributed by atoms with E-state index in [2.05, 4.69) is 15.0 Å². The predicted octanol–water partition coefficient (Wildman–Crippen LogP) is 4.18. The number of likely N-dealkylation sites (tertiary alicyclic amines) is 1. The molecule has 1 aliphatic rings. The maximum Gasteiger partial charge on any atom is 0.231 e. The Morgan fingerprint density at radius 2 is 2.00 bits per heavy atom. The number of hydrogen-bond acceptors (Lipinski definition) is 6. The van der Waals surface area contributed by atoms with Crippen molar-refractivity contribution in [3.8, 4) is 11.4 Å². The van der Waals surface area contributed by atoms with Crippen molar-refractivity contribution in [1.82, 2.24) is 15.0 Å². The monoisotopic (exact) mass is 449 g/mol. The maximum atomic E-state index is 13.4. The van der Waals surface area contributed by atoms with Crippen LogP contribution in [0.1, 0.15) is 24.7 Å². The summed E-state index contributed by atoms with van der Waals surface area (Å²) in [7, 11) is -3.38. The first-order valence-electron chi connectivity index (χ1n) is 9.71. The first-order valence-corrected chi connectivity index (χ1v) is 11.7. The Balaban J connectivity index is 1.39. The highest BCUT2D eigenvalue weighted by Crippen LogP contribution is 2.28. The van der Waals surface area contributed by atoms with E-state index in [4.69, 9.17) is 16.1 Å². The summed E-state index contributed by atoms with van der Waals surface area (Å²) in [6.07, 6.45) is 1.79. The van der Waals surface area contributed by atoms with E-state index in [0.29, 0.717) is 35.4 Å². The summed E-state index contributed by atoms with van der Waals surface area (Å²) in [5, 5.41) is 4.49. The molecular weight excluding hydrogens is 429 g/mol. The average molecular weight is 450 g/mol. The van der Waals surface area contributed by atoms with Crippen LogP contribution in [0.15, 0.2) is 57.9 Å². The van der Waals surface area contributed by atoms with E-state index in [1.807, 2.05) is 0 Å². The van der Waals surface area contributed by atoms with Crippen molar-refractivity contribution >= 4 is 21.4 Å². The molecule has 1 fully saturated rings. The lowest BCUT2D eigenvalue weighted by Gasteiger charge is -2.30. The van der Waals surface area contributed by atoms with Crippen molar-refractivity contribution in [3.63, 3.8) is 0 Å². The molecule has 1 saturated heterocycles. The Labute approximate surface area is 179 Å². The van der Waals surface area contributed by atoms with Crippen molar-refractivity contribution in [3.05, 3.63) is 65.3 Å². The lowest BCUT2D eigenvalue weighted by molar-refractivity contribution is 0.195. The van der Waals surface area contributed by atoms with Gasteiger partial charge in [-0.3, -0.25) is 0 Å². The summed E-state index contributed by atoms with van der Waals surface area (Å²) in [5.41, 5.74) is 0.562. The third-order valence-electron chi connectivity index (χ3n) is 5.23. The van der Waals surface area contributed by atoms with Gasteiger partial charge < -0.3 is 9.42 Å². The Kier molecular flexibility index (Phi) is 6.17. The van der Waals surface area contributed by atoms with Crippen LogP contribution >= 0.6 is 11.6 Å². The topological polar surface area (TPSA) is 76.3 Å². The first-order chi connectivity index (χ1) is 14.4. The number of nitrogens with zero attached hydrogens (tertiary/aromatic N) is 3. The molecule has 2 aromatic carbocycles. The molecule has 0 radical (unpaired) electrons. The van der Waals surface area contributed by atoms with Crippen LogP contribution in [-0.4, -0.2) is 48.8 Å². The summed E-state index contributed by atoms with van der Waals surface area (Å²) >= 11 is 5.84. The summed E-state index contributed by atoms with van der Waals surface area (Å²) in [5.74, 6) is 0.544. The zero-order valence-corrected chi connectivity index (χ0v) is 17.7. The Morgan fingerprint density at radius 1 is 1.20 bits per heavy atom. The van der Waals surface area contributed by atoms with Gasteiger partial charge in [0.1, 0.15) is 5.82 Å². The third kappa shape index (κ3) is 4.88. The van der Waals surface area contributed by atoms with Crippen molar-refractivity contribution in [1.29, 1.82) is 0 Å². The van der Waals surface area contributed by atoms with E-state index >= 15 is 0 Å². The molecule has 0 amide bonds. The minimum absolute atomic E-state index is 0.0202. The van der Waals surface area contributed by atoms with Gasteiger partial charge in [0.15, 0.2) is 9.84 Å². The molecule has 1 aliphatic heterocycles. The highest BCUT2D eigenvalue weighted by molar-refractivity contribution is 7.91. The van der Waals surface area contributed by atoms with Crippen LogP contribution in [0.5, 0.6) is 0 Å². The number of piperidine rings is 1. The minimum Gasteiger partial charge on any atom is -0.339 e. The molecule has 158 valence electrons. The molecule has 9 heteroatoms. The lowest BCUT2D eigenvalue weighted by Crippen LogP contribution is -2.37. The number of benzene rings is 2. The molecule has 0 aliphatic carbocycles. The van der Waals surface area contributed by atoms with Crippen LogP contribution in [0.2, 0.25) is 5.02 Å². The van der Waals surface area contributed by atoms with Crippen LogP contribution in [0.4, 0.5) is 4.39 Å². The van der Waals surface area contributed by atoms with Gasteiger partial charge in [-0.05, 0) is 55.8 Å². The van der Waals surface area contributed by atoms with E-state index in [9.17, 15) is 12.8 Å². The van der Waals surface area contributed by atoms with Crippen LogP contribution in [-0.2, 0) is 9.84 Å². The van der Waals surface area contributed by atoms with E-state index in [1.54, 1.807) is 24.3 Å². The highest BCUT2D eigenvalue weighted by Gasteiger charge is 2.27. The van der Waals surface area contributed by atoms with Crippen molar-refractivity contribution < 1.29 is 17.3 Å². The van der Waals surface area contributed by atoms with Gasteiger partial charge in [-0.1, -0.05) is 28.9 Å². The summed E-state index contributed by atoms with van der Waals surface area (Å²) in [6, 6.07) is 12.3. The summed E-state index contributed by atoms with van der Waals surface area (Å²) in [6.45, 7) is 1.88. The molecule has 4 rings (SSSR count). The molecule has 1 aromatic heterocycles. The molecule has 0 spiro atoms. The molecule has 3 aromatic rings. The number of sulfone groups is 1. The van der Waals surface area contributed by atoms with E-state index in [-0.39, 0.29) is 22.4 Å². The number of aromatic nitrogens is 2. The van der Waals surface area contributed by atoms with Crippen LogP contribution in [0, 0.1) is 5.82 Å². The van der Waals surface area contributed by atoms with Crippen LogP contribution in [0.25, 0.3) is 11.4 Å². The highest BCUT2D eigenvalue weighted by atomic mass is 35.5. The molecule has 1 atom stereocenters. The van der Waals surface area contributed by atoms with Gasteiger partial charge in [0, 0.05) is 23.7 Å². The van der Waals surface area contributed by atoms with Gasteiger partial charge in [0.2, 0.25) is 11.7 Å². The van der Waals surface area contributed by atoms with Crippen molar-refractivity contribution in [2.45, 2.75) is 23.7 Å². The average Bonchev–Trinajstić information content (AvgIpc) is 3.23. The quantitative estimate of drug-likeness (QED) is 0.561. The van der Waals surface area contributed by atoms with Gasteiger partial charge in [0.25, 0.3) is 0 Å². The third-order valence-corrected chi connectivity index (χ3v) is 7.19. The molecule has 6 nitrogen and oxygen atoms in total. The van der Waals surface area contributed by atoms with Gasteiger partial charge in [-0.2, -0.15) is 4.98 Å². The second-order valence-corrected chi connectivity index (χ2v) is 9.92. The van der Waals surface area contributed by atoms with Gasteiger partial charge in [0.05, 0.1) is 16.6 Å². The Hall–Kier alpha value is -2.29. The summed E-state index contributed by atoms with van der Waals surface area (Å²) in [4.78, 5) is 6.82.